The van der Waals surface area contributed by atoms with Gasteiger partial charge in [-0.3, -0.25) is 0 Å². The molecule has 3 aromatic carbocycles. The van der Waals surface area contributed by atoms with Gasteiger partial charge in [0.1, 0.15) is 0 Å². The Kier molecular flexibility index (Phi) is 3.83. The van der Waals surface area contributed by atoms with E-state index in [0.29, 0.717) is 5.92 Å². The van der Waals surface area contributed by atoms with E-state index in [4.69, 9.17) is 0 Å². The highest BCUT2D eigenvalue weighted by Crippen LogP contribution is 2.30. The normalized spacial score (nSPS) is 12.4. The highest BCUT2D eigenvalue weighted by molar-refractivity contribution is 5.86. The maximum absolute atomic E-state index is 2.29. The van der Waals surface area contributed by atoms with E-state index in [9.17, 15) is 0 Å². The zero-order valence-corrected chi connectivity index (χ0v) is 11.9. The molecule has 0 radical (unpaired) electrons. The van der Waals surface area contributed by atoms with E-state index in [-0.39, 0.29) is 0 Å². The average Bonchev–Trinajstić information content (AvgIpc) is 2.53. The zero-order valence-electron chi connectivity index (χ0n) is 11.9. The summed E-state index contributed by atoms with van der Waals surface area (Å²) < 4.78 is 0. The van der Waals surface area contributed by atoms with Crippen LogP contribution in [-0.2, 0) is 6.42 Å². The van der Waals surface area contributed by atoms with Gasteiger partial charge in [-0.05, 0) is 40.7 Å². The van der Waals surface area contributed by atoms with Gasteiger partial charge in [-0.2, -0.15) is 0 Å². The van der Waals surface area contributed by atoms with Crippen molar-refractivity contribution in [1.82, 2.24) is 0 Å². The molecule has 0 saturated heterocycles. The largest absolute Gasteiger partial charge is 0.0648 e. The molecule has 0 amide bonds. The van der Waals surface area contributed by atoms with Gasteiger partial charge in [0.05, 0.1) is 0 Å². The van der Waals surface area contributed by atoms with Gasteiger partial charge in [0.2, 0.25) is 0 Å². The minimum absolute atomic E-state index is 0.587. The predicted molar refractivity (Wildman–Crippen MR) is 87.1 cm³/mol. The van der Waals surface area contributed by atoms with Crippen LogP contribution >= 0.6 is 0 Å². The molecular weight excluding hydrogens is 240 g/mol. The second kappa shape index (κ2) is 5.92. The van der Waals surface area contributed by atoms with E-state index >= 15 is 0 Å². The second-order valence-corrected chi connectivity index (χ2v) is 5.36. The summed E-state index contributed by atoms with van der Waals surface area (Å²) in [7, 11) is 0. The van der Waals surface area contributed by atoms with Crippen LogP contribution in [0, 0.1) is 0 Å². The molecular formula is C20H20. The lowest BCUT2D eigenvalue weighted by molar-refractivity contribution is 0.665. The van der Waals surface area contributed by atoms with Crippen molar-refractivity contribution in [3.63, 3.8) is 0 Å². The van der Waals surface area contributed by atoms with Crippen molar-refractivity contribution in [2.75, 3.05) is 0 Å². The summed E-state index contributed by atoms with van der Waals surface area (Å²) in [6.45, 7) is 2.29. The Morgan fingerprint density at radius 1 is 0.750 bits per heavy atom. The van der Waals surface area contributed by atoms with Crippen molar-refractivity contribution < 1.29 is 0 Å². The minimum atomic E-state index is 0.587. The van der Waals surface area contributed by atoms with Gasteiger partial charge in [-0.25, -0.2) is 0 Å². The third kappa shape index (κ3) is 2.60. The second-order valence-electron chi connectivity index (χ2n) is 5.36. The van der Waals surface area contributed by atoms with Crippen LogP contribution < -0.4 is 0 Å². The monoisotopic (exact) mass is 260 g/mol. The highest BCUT2D eigenvalue weighted by Gasteiger charge is 2.12. The summed E-state index contributed by atoms with van der Waals surface area (Å²) in [5.74, 6) is 0.587. The molecule has 100 valence electrons. The van der Waals surface area contributed by atoms with Crippen molar-refractivity contribution in [2.45, 2.75) is 25.7 Å². The summed E-state index contributed by atoms with van der Waals surface area (Å²) in [6.07, 6.45) is 2.29. The molecule has 0 N–H and O–H groups in total. The molecule has 0 nitrogen and oxygen atoms in total. The van der Waals surface area contributed by atoms with E-state index in [2.05, 4.69) is 79.7 Å². The molecule has 0 aromatic heterocycles. The molecule has 0 spiro atoms. The summed E-state index contributed by atoms with van der Waals surface area (Å²) in [4.78, 5) is 0. The third-order valence-electron chi connectivity index (χ3n) is 4.08. The number of rotatable bonds is 4. The van der Waals surface area contributed by atoms with Crippen LogP contribution in [0.4, 0.5) is 0 Å². The third-order valence-corrected chi connectivity index (χ3v) is 4.08. The number of hydrogen-bond acceptors (Lipinski definition) is 0. The van der Waals surface area contributed by atoms with Crippen LogP contribution in [-0.4, -0.2) is 0 Å². The fourth-order valence-corrected chi connectivity index (χ4v) is 2.98. The van der Waals surface area contributed by atoms with Gasteiger partial charge >= 0.3 is 0 Å². The number of benzene rings is 3. The van der Waals surface area contributed by atoms with Gasteiger partial charge in [0.15, 0.2) is 0 Å². The molecule has 3 aromatic rings. The Morgan fingerprint density at radius 3 is 2.25 bits per heavy atom. The van der Waals surface area contributed by atoms with Crippen molar-refractivity contribution in [3.05, 3.63) is 83.9 Å². The molecule has 0 bridgehead atoms. The van der Waals surface area contributed by atoms with E-state index in [1.54, 1.807) is 0 Å². The van der Waals surface area contributed by atoms with Crippen LogP contribution in [0.15, 0.2) is 72.8 Å². The summed E-state index contributed by atoms with van der Waals surface area (Å²) in [5, 5.41) is 2.74. The maximum atomic E-state index is 2.29. The first-order valence-electron chi connectivity index (χ1n) is 7.40. The summed E-state index contributed by atoms with van der Waals surface area (Å²) in [5.41, 5.74) is 2.90. The molecule has 0 aliphatic heterocycles. The summed E-state index contributed by atoms with van der Waals surface area (Å²) in [6, 6.07) is 26.2. The Hall–Kier alpha value is -2.08. The van der Waals surface area contributed by atoms with Crippen LogP contribution in [0.1, 0.15) is 30.4 Å². The predicted octanol–water partition coefficient (Wildman–Crippen LogP) is 5.58. The van der Waals surface area contributed by atoms with Crippen LogP contribution in [0.3, 0.4) is 0 Å². The topological polar surface area (TPSA) is 0 Å². The minimum Gasteiger partial charge on any atom is -0.0648 e. The van der Waals surface area contributed by atoms with E-state index in [1.807, 2.05) is 0 Å². The molecule has 0 aliphatic rings. The Labute approximate surface area is 121 Å². The Balaban J connectivity index is 1.99. The fraction of sp³-hybridized carbons (Fsp3) is 0.200. The standard InChI is InChI=1S/C20H20/c1-2-17(15-16-9-4-3-5-10-16)19-14-8-12-18-11-6-7-13-20(18)19/h3-14,17H,2,15H2,1H3. The molecule has 0 heterocycles. The van der Waals surface area contributed by atoms with Crippen molar-refractivity contribution in [3.8, 4) is 0 Å². The van der Waals surface area contributed by atoms with Crippen molar-refractivity contribution in [2.24, 2.45) is 0 Å². The Morgan fingerprint density at radius 2 is 1.45 bits per heavy atom. The van der Waals surface area contributed by atoms with E-state index in [1.165, 1.54) is 28.3 Å². The molecule has 0 saturated carbocycles. The molecule has 20 heavy (non-hydrogen) atoms. The van der Waals surface area contributed by atoms with Gasteiger partial charge in [0, 0.05) is 0 Å². The Bertz CT molecular complexity index is 677. The molecule has 1 unspecified atom stereocenters. The zero-order chi connectivity index (χ0) is 13.8. The van der Waals surface area contributed by atoms with Crippen molar-refractivity contribution >= 4 is 10.8 Å². The SMILES string of the molecule is CCC(Cc1ccccc1)c1cccc2ccccc12. The maximum Gasteiger partial charge on any atom is -0.0118 e. The van der Waals surface area contributed by atoms with Gasteiger partial charge < -0.3 is 0 Å². The fourth-order valence-electron chi connectivity index (χ4n) is 2.98. The van der Waals surface area contributed by atoms with Crippen LogP contribution in [0.5, 0.6) is 0 Å². The lowest BCUT2D eigenvalue weighted by Gasteiger charge is -2.18. The van der Waals surface area contributed by atoms with Gasteiger partial charge in [0.25, 0.3) is 0 Å². The van der Waals surface area contributed by atoms with Crippen LogP contribution in [0.25, 0.3) is 10.8 Å². The lowest BCUT2D eigenvalue weighted by Crippen LogP contribution is -2.02. The quantitative estimate of drug-likeness (QED) is 0.574. The van der Waals surface area contributed by atoms with Crippen molar-refractivity contribution in [1.29, 1.82) is 0 Å². The lowest BCUT2D eigenvalue weighted by atomic mass is 9.87. The molecule has 3 rings (SSSR count). The molecule has 0 heteroatoms. The average molecular weight is 260 g/mol. The number of fused-ring (bicyclic) bond motifs is 1. The van der Waals surface area contributed by atoms with E-state index in [0.717, 1.165) is 6.42 Å². The molecule has 1 atom stereocenters. The molecule has 0 aliphatic carbocycles. The van der Waals surface area contributed by atoms with Crippen LogP contribution in [0.2, 0.25) is 0 Å². The van der Waals surface area contributed by atoms with Gasteiger partial charge in [-0.15, -0.1) is 0 Å². The first-order valence-corrected chi connectivity index (χ1v) is 7.40. The first kappa shape index (κ1) is 12.9. The molecule has 0 fully saturated rings. The van der Waals surface area contributed by atoms with E-state index < -0.39 is 0 Å². The number of hydrogen-bond donors (Lipinski definition) is 0. The summed E-state index contributed by atoms with van der Waals surface area (Å²) >= 11 is 0. The van der Waals surface area contributed by atoms with Gasteiger partial charge in [-0.1, -0.05) is 79.7 Å². The smallest absolute Gasteiger partial charge is 0.0118 e. The highest BCUT2D eigenvalue weighted by atomic mass is 14.2. The first-order chi connectivity index (χ1) is 9.88.